The summed E-state index contributed by atoms with van der Waals surface area (Å²) in [4.78, 5) is 0. The van der Waals surface area contributed by atoms with Gasteiger partial charge in [0.2, 0.25) is 0 Å². The van der Waals surface area contributed by atoms with Gasteiger partial charge >= 0.3 is 0 Å². The van der Waals surface area contributed by atoms with Gasteiger partial charge in [0.1, 0.15) is 5.82 Å². The predicted octanol–water partition coefficient (Wildman–Crippen LogP) is 5.48. The zero-order valence-electron chi connectivity index (χ0n) is 18.3. The normalized spacial score (nSPS) is 11.8. The fraction of sp³-hybridized carbons (Fsp3) is 0.727. The minimum absolute atomic E-state index is 0.135. The first-order chi connectivity index (χ1) is 13.2. The molecule has 0 spiro atoms. The molecule has 164 valence electrons. The average Bonchev–Trinajstić information content (AvgIpc) is 2.63. The molecule has 6 heteroatoms. The van der Waals surface area contributed by atoms with Gasteiger partial charge in [0.05, 0.1) is 32.4 Å². The Labute approximate surface area is 172 Å². The van der Waals surface area contributed by atoms with Gasteiger partial charge in [-0.1, -0.05) is 38.3 Å². The Morgan fingerprint density at radius 3 is 1.79 bits per heavy atom. The smallest absolute Gasteiger partial charge is 0.261 e. The maximum Gasteiger partial charge on any atom is 0.261 e. The third-order valence-corrected chi connectivity index (χ3v) is 5.34. The molecule has 4 nitrogen and oxygen atoms in total. The van der Waals surface area contributed by atoms with Crippen LogP contribution in [0.15, 0.2) is 24.3 Å². The number of quaternary nitrogens is 1. The lowest BCUT2D eigenvalue weighted by atomic mass is 10.1. The second kappa shape index (κ2) is 14.9. The van der Waals surface area contributed by atoms with Crippen molar-refractivity contribution in [3.63, 3.8) is 0 Å². The molecule has 0 saturated heterocycles. The maximum absolute atomic E-state index is 12.9. The highest BCUT2D eigenvalue weighted by Crippen LogP contribution is 2.15. The molecule has 0 amide bonds. The first kappa shape index (κ1) is 27.0. The molecular weight excluding hydrogens is 377 g/mol. The van der Waals surface area contributed by atoms with Crippen molar-refractivity contribution in [3.05, 3.63) is 35.6 Å². The highest BCUT2D eigenvalue weighted by atomic mass is 32.2. The molecule has 0 radical (unpaired) electrons. The van der Waals surface area contributed by atoms with E-state index in [0.29, 0.717) is 6.26 Å². The predicted molar refractivity (Wildman–Crippen MR) is 117 cm³/mol. The molecule has 0 bridgehead atoms. The molecule has 0 saturated carbocycles. The zero-order valence-corrected chi connectivity index (χ0v) is 19.1. The topological polar surface area (TPSA) is 54.4 Å². The van der Waals surface area contributed by atoms with Crippen molar-refractivity contribution in [2.45, 2.75) is 72.1 Å². The minimum Gasteiger partial charge on any atom is -0.324 e. The summed E-state index contributed by atoms with van der Waals surface area (Å²) in [5.41, 5.74) is 1.26. The molecule has 0 aromatic heterocycles. The molecule has 0 unspecified atom stereocenters. The molecule has 0 heterocycles. The van der Waals surface area contributed by atoms with E-state index in [1.807, 2.05) is 12.1 Å². The SMILES string of the molecule is CCCCCCC[N+](CC)(CC)CCCCc1ccc(F)cc1.CS(=O)(=O)O. The largest absolute Gasteiger partial charge is 0.324 e. The molecule has 1 aromatic carbocycles. The van der Waals surface area contributed by atoms with Crippen molar-refractivity contribution in [2.75, 3.05) is 32.4 Å². The molecule has 0 aliphatic rings. The summed E-state index contributed by atoms with van der Waals surface area (Å²) in [6.45, 7) is 12.1. The van der Waals surface area contributed by atoms with Crippen LogP contribution in [0.2, 0.25) is 0 Å². The van der Waals surface area contributed by atoms with E-state index in [1.165, 1.54) is 81.2 Å². The average molecular weight is 419 g/mol. The van der Waals surface area contributed by atoms with Crippen LogP contribution >= 0.6 is 0 Å². The van der Waals surface area contributed by atoms with E-state index >= 15 is 0 Å². The number of unbranched alkanes of at least 4 members (excludes halogenated alkanes) is 5. The Morgan fingerprint density at radius 2 is 1.32 bits per heavy atom. The number of benzene rings is 1. The third kappa shape index (κ3) is 15.0. The van der Waals surface area contributed by atoms with Gasteiger partial charge in [-0.05, 0) is 63.6 Å². The van der Waals surface area contributed by atoms with E-state index in [1.54, 1.807) is 12.1 Å². The van der Waals surface area contributed by atoms with Crippen LogP contribution in [0.5, 0.6) is 0 Å². The van der Waals surface area contributed by atoms with Crippen molar-refractivity contribution in [2.24, 2.45) is 0 Å². The lowest BCUT2D eigenvalue weighted by molar-refractivity contribution is -0.925. The number of halogens is 1. The molecule has 0 aliphatic carbocycles. The second-order valence-electron chi connectivity index (χ2n) is 7.65. The van der Waals surface area contributed by atoms with Gasteiger partial charge in [-0.2, -0.15) is 8.42 Å². The fourth-order valence-corrected chi connectivity index (χ4v) is 3.45. The molecule has 1 aromatic rings. The van der Waals surface area contributed by atoms with Crippen LogP contribution in [-0.4, -0.2) is 49.9 Å². The quantitative estimate of drug-likeness (QED) is 0.262. The minimum atomic E-state index is -3.67. The van der Waals surface area contributed by atoms with Gasteiger partial charge in [0, 0.05) is 0 Å². The van der Waals surface area contributed by atoms with Crippen LogP contribution in [0.4, 0.5) is 4.39 Å². The lowest BCUT2D eigenvalue weighted by Gasteiger charge is -2.37. The number of nitrogens with zero attached hydrogens (tertiary/aromatic N) is 1. The van der Waals surface area contributed by atoms with E-state index < -0.39 is 10.1 Å². The monoisotopic (exact) mass is 418 g/mol. The Hall–Kier alpha value is -0.980. The molecule has 1 rings (SSSR count). The Kier molecular flexibility index (Phi) is 14.4. The summed E-state index contributed by atoms with van der Waals surface area (Å²) in [5, 5.41) is 0. The third-order valence-electron chi connectivity index (χ3n) is 5.34. The zero-order chi connectivity index (χ0) is 21.5. The van der Waals surface area contributed by atoms with Crippen molar-refractivity contribution in [1.29, 1.82) is 0 Å². The standard InChI is InChI=1S/C21H37FN.CH4O3S/c1-4-7-8-9-11-18-23(5-2,6-3)19-12-10-13-20-14-16-21(22)17-15-20;1-5(2,3)4/h14-17H,4-13,18-19H2,1-3H3;1H3,(H,2,3,4)/q+1;. The Morgan fingerprint density at radius 1 is 0.857 bits per heavy atom. The summed E-state index contributed by atoms with van der Waals surface area (Å²) >= 11 is 0. The van der Waals surface area contributed by atoms with Crippen molar-refractivity contribution in [3.8, 4) is 0 Å². The second-order valence-corrected chi connectivity index (χ2v) is 9.12. The highest BCUT2D eigenvalue weighted by Gasteiger charge is 2.21. The van der Waals surface area contributed by atoms with Crippen molar-refractivity contribution in [1.82, 2.24) is 0 Å². The molecule has 1 N–H and O–H groups in total. The summed E-state index contributed by atoms with van der Waals surface area (Å²) in [6, 6.07) is 6.99. The van der Waals surface area contributed by atoms with Crippen LogP contribution in [0.3, 0.4) is 0 Å². The van der Waals surface area contributed by atoms with Crippen molar-refractivity contribution >= 4 is 10.1 Å². The van der Waals surface area contributed by atoms with Gasteiger partial charge in [0.15, 0.2) is 0 Å². The van der Waals surface area contributed by atoms with E-state index in [-0.39, 0.29) is 5.82 Å². The fourth-order valence-electron chi connectivity index (χ4n) is 3.45. The van der Waals surface area contributed by atoms with E-state index in [4.69, 9.17) is 4.55 Å². The van der Waals surface area contributed by atoms with Gasteiger partial charge in [-0.15, -0.1) is 0 Å². The van der Waals surface area contributed by atoms with Crippen LogP contribution in [0, 0.1) is 5.82 Å². The summed E-state index contributed by atoms with van der Waals surface area (Å²) in [5.74, 6) is -0.135. The maximum atomic E-state index is 12.9. The van der Waals surface area contributed by atoms with Crippen LogP contribution in [0.25, 0.3) is 0 Å². The van der Waals surface area contributed by atoms with Gasteiger partial charge in [-0.3, -0.25) is 4.55 Å². The van der Waals surface area contributed by atoms with E-state index in [2.05, 4.69) is 20.8 Å². The molecule has 0 aliphatic heterocycles. The number of hydrogen-bond acceptors (Lipinski definition) is 2. The molecular formula is C22H41FNO3S+. The van der Waals surface area contributed by atoms with Crippen LogP contribution in [0.1, 0.15) is 71.3 Å². The summed E-state index contributed by atoms with van der Waals surface area (Å²) in [6.07, 6.45) is 11.1. The lowest BCUT2D eigenvalue weighted by Crippen LogP contribution is -2.49. The van der Waals surface area contributed by atoms with Gasteiger partial charge in [0.25, 0.3) is 10.1 Å². The van der Waals surface area contributed by atoms with Crippen molar-refractivity contribution < 1.29 is 21.8 Å². The molecule has 0 atom stereocenters. The number of hydrogen-bond donors (Lipinski definition) is 1. The summed E-state index contributed by atoms with van der Waals surface area (Å²) < 4.78 is 40.1. The van der Waals surface area contributed by atoms with Crippen LogP contribution in [-0.2, 0) is 16.5 Å². The highest BCUT2D eigenvalue weighted by molar-refractivity contribution is 7.85. The van der Waals surface area contributed by atoms with Gasteiger partial charge in [-0.25, -0.2) is 4.39 Å². The van der Waals surface area contributed by atoms with E-state index in [0.717, 1.165) is 6.42 Å². The summed E-state index contributed by atoms with van der Waals surface area (Å²) in [7, 11) is -3.67. The number of aryl methyl sites for hydroxylation is 1. The van der Waals surface area contributed by atoms with Crippen LogP contribution < -0.4 is 0 Å². The van der Waals surface area contributed by atoms with E-state index in [9.17, 15) is 12.8 Å². The van der Waals surface area contributed by atoms with Gasteiger partial charge < -0.3 is 4.48 Å². The first-order valence-corrected chi connectivity index (χ1v) is 12.5. The Balaban J connectivity index is 0.00000129. The molecule has 0 fully saturated rings. The Bertz CT molecular complexity index is 591. The molecule has 28 heavy (non-hydrogen) atoms. The first-order valence-electron chi connectivity index (χ1n) is 10.7. The number of rotatable bonds is 13.